The topological polar surface area (TPSA) is 61.8 Å². The third kappa shape index (κ3) is 4.81. The van der Waals surface area contributed by atoms with Crippen molar-refractivity contribution in [3.8, 4) is 0 Å². The maximum Gasteiger partial charge on any atom is 0.193 e. The molecule has 2 rings (SSSR count). The third-order valence-corrected chi connectivity index (χ3v) is 6.72. The highest BCUT2D eigenvalue weighted by atomic mass is 127. The van der Waals surface area contributed by atoms with Gasteiger partial charge in [0.25, 0.3) is 0 Å². The second kappa shape index (κ2) is 8.46. The van der Waals surface area contributed by atoms with Crippen molar-refractivity contribution in [3.63, 3.8) is 0 Å². The van der Waals surface area contributed by atoms with E-state index in [-0.39, 0.29) is 35.5 Å². The molecule has 0 spiro atoms. The van der Waals surface area contributed by atoms with Crippen molar-refractivity contribution in [1.29, 1.82) is 0 Å². The summed E-state index contributed by atoms with van der Waals surface area (Å²) in [6, 6.07) is 6.69. The number of sulfone groups is 1. The summed E-state index contributed by atoms with van der Waals surface area (Å²) in [6.07, 6.45) is 0.543. The Morgan fingerprint density at radius 3 is 2.62 bits per heavy atom. The number of hydrogen-bond donors (Lipinski definition) is 1. The molecule has 1 fully saturated rings. The number of guanidine groups is 1. The van der Waals surface area contributed by atoms with Crippen LogP contribution in [0.1, 0.15) is 19.4 Å². The lowest BCUT2D eigenvalue weighted by Gasteiger charge is -2.39. The van der Waals surface area contributed by atoms with Gasteiger partial charge in [-0.3, -0.25) is 4.99 Å². The Hall–Kier alpha value is -0.900. The number of hydrogen-bond acceptors (Lipinski definition) is 3. The average Bonchev–Trinajstić information content (AvgIpc) is 2.48. The fourth-order valence-corrected chi connectivity index (χ4v) is 4.03. The van der Waals surface area contributed by atoms with E-state index in [0.717, 1.165) is 0 Å². The number of rotatable bonds is 3. The van der Waals surface area contributed by atoms with Gasteiger partial charge in [0.15, 0.2) is 15.8 Å². The zero-order valence-electron chi connectivity index (χ0n) is 14.3. The Morgan fingerprint density at radius 2 is 2.04 bits per heavy atom. The first-order valence-corrected chi connectivity index (χ1v) is 9.33. The van der Waals surface area contributed by atoms with Gasteiger partial charge in [0.2, 0.25) is 0 Å². The van der Waals surface area contributed by atoms with Crippen LogP contribution in [0.4, 0.5) is 4.39 Å². The summed E-state index contributed by atoms with van der Waals surface area (Å²) in [5.41, 5.74) is 0.650. The molecule has 5 nitrogen and oxygen atoms in total. The Balaban J connectivity index is 0.00000288. The Kier molecular flexibility index (Phi) is 7.45. The first-order chi connectivity index (χ1) is 10.8. The molecule has 1 aliphatic heterocycles. The normalized spacial score (nSPS) is 19.5. The lowest BCUT2D eigenvalue weighted by Crippen LogP contribution is -2.57. The van der Waals surface area contributed by atoms with E-state index in [1.165, 1.54) is 6.07 Å². The zero-order valence-corrected chi connectivity index (χ0v) is 17.4. The summed E-state index contributed by atoms with van der Waals surface area (Å²) >= 11 is 0. The van der Waals surface area contributed by atoms with Gasteiger partial charge in [-0.1, -0.05) is 18.2 Å². The minimum Gasteiger partial charge on any atom is -0.356 e. The van der Waals surface area contributed by atoms with Gasteiger partial charge in [-0.15, -0.1) is 24.0 Å². The van der Waals surface area contributed by atoms with Crippen LogP contribution in [-0.4, -0.2) is 56.5 Å². The van der Waals surface area contributed by atoms with Gasteiger partial charge in [-0.05, 0) is 31.9 Å². The first-order valence-electron chi connectivity index (χ1n) is 7.68. The van der Waals surface area contributed by atoms with Crippen molar-refractivity contribution >= 4 is 39.8 Å². The largest absolute Gasteiger partial charge is 0.356 e. The van der Waals surface area contributed by atoms with Crippen LogP contribution in [0.25, 0.3) is 0 Å². The van der Waals surface area contributed by atoms with E-state index in [0.29, 0.717) is 37.6 Å². The molecular formula is C16H25FIN3O2S. The van der Waals surface area contributed by atoms with Crippen molar-refractivity contribution in [1.82, 2.24) is 10.2 Å². The molecule has 0 unspecified atom stereocenters. The molecule has 0 aliphatic carbocycles. The fourth-order valence-electron chi connectivity index (χ4n) is 2.67. The van der Waals surface area contributed by atoms with Crippen LogP contribution in [0.15, 0.2) is 29.3 Å². The summed E-state index contributed by atoms with van der Waals surface area (Å²) in [5.74, 6) is 0.562. The molecule has 0 bridgehead atoms. The Bertz CT molecular complexity index is 692. The predicted octanol–water partition coefficient (Wildman–Crippen LogP) is 2.07. The predicted molar refractivity (Wildman–Crippen MR) is 106 cm³/mol. The van der Waals surface area contributed by atoms with E-state index in [1.54, 1.807) is 33.0 Å². The van der Waals surface area contributed by atoms with Crippen LogP contribution in [0.3, 0.4) is 0 Å². The maximum absolute atomic E-state index is 13.6. The van der Waals surface area contributed by atoms with Gasteiger partial charge in [-0.25, -0.2) is 12.8 Å². The average molecular weight is 469 g/mol. The van der Waals surface area contributed by atoms with Crippen LogP contribution in [0.2, 0.25) is 0 Å². The number of nitrogens with zero attached hydrogens (tertiary/aromatic N) is 2. The van der Waals surface area contributed by atoms with E-state index < -0.39 is 14.6 Å². The first kappa shape index (κ1) is 21.1. The highest BCUT2D eigenvalue weighted by molar-refractivity contribution is 14.0. The molecule has 1 aliphatic rings. The van der Waals surface area contributed by atoms with Crippen molar-refractivity contribution in [2.75, 3.05) is 32.4 Å². The molecule has 0 saturated carbocycles. The van der Waals surface area contributed by atoms with Gasteiger partial charge in [0, 0.05) is 26.7 Å². The van der Waals surface area contributed by atoms with Gasteiger partial charge in [0.1, 0.15) is 5.82 Å². The quantitative estimate of drug-likeness (QED) is 0.419. The lowest BCUT2D eigenvalue weighted by molar-refractivity contribution is 0.353. The molecule has 1 aromatic carbocycles. The van der Waals surface area contributed by atoms with Gasteiger partial charge in [0.05, 0.1) is 10.5 Å². The zero-order chi connectivity index (χ0) is 17.1. The Labute approximate surface area is 160 Å². The maximum atomic E-state index is 13.6. The minimum absolute atomic E-state index is 0. The van der Waals surface area contributed by atoms with E-state index in [1.807, 2.05) is 11.0 Å². The van der Waals surface area contributed by atoms with E-state index >= 15 is 0 Å². The summed E-state index contributed by atoms with van der Waals surface area (Å²) in [4.78, 5) is 6.17. The van der Waals surface area contributed by atoms with Crippen molar-refractivity contribution in [3.05, 3.63) is 35.6 Å². The molecule has 0 amide bonds. The van der Waals surface area contributed by atoms with Crippen LogP contribution in [-0.2, 0) is 16.3 Å². The highest BCUT2D eigenvalue weighted by Crippen LogP contribution is 2.23. The molecule has 1 N–H and O–H groups in total. The number of benzene rings is 1. The third-order valence-electron chi connectivity index (χ3n) is 4.19. The highest BCUT2D eigenvalue weighted by Gasteiger charge is 2.40. The molecule has 1 saturated heterocycles. The van der Waals surface area contributed by atoms with E-state index in [2.05, 4.69) is 10.3 Å². The van der Waals surface area contributed by atoms with E-state index in [9.17, 15) is 12.8 Å². The monoisotopic (exact) mass is 469 g/mol. The van der Waals surface area contributed by atoms with Gasteiger partial charge >= 0.3 is 0 Å². The minimum atomic E-state index is -3.08. The summed E-state index contributed by atoms with van der Waals surface area (Å²) in [7, 11) is -1.41. The molecule has 0 atom stereocenters. The summed E-state index contributed by atoms with van der Waals surface area (Å²) in [5, 5.41) is 3.19. The smallest absolute Gasteiger partial charge is 0.193 e. The molecule has 0 aromatic heterocycles. The molecule has 24 heavy (non-hydrogen) atoms. The van der Waals surface area contributed by atoms with Crippen molar-refractivity contribution in [2.24, 2.45) is 4.99 Å². The van der Waals surface area contributed by atoms with Crippen molar-refractivity contribution in [2.45, 2.75) is 25.0 Å². The number of halogens is 2. The molecule has 1 heterocycles. The number of aliphatic imine (C=N–C) groups is 1. The second-order valence-electron chi connectivity index (χ2n) is 6.32. The van der Waals surface area contributed by atoms with Crippen molar-refractivity contribution < 1.29 is 12.8 Å². The fraction of sp³-hybridized carbons (Fsp3) is 0.562. The summed E-state index contributed by atoms with van der Waals surface area (Å²) in [6.45, 7) is 4.83. The van der Waals surface area contributed by atoms with Crippen LogP contribution >= 0.6 is 24.0 Å². The molecular weight excluding hydrogens is 444 g/mol. The van der Waals surface area contributed by atoms with Gasteiger partial charge in [-0.2, -0.15) is 0 Å². The van der Waals surface area contributed by atoms with Crippen LogP contribution < -0.4 is 5.32 Å². The molecule has 0 radical (unpaired) electrons. The Morgan fingerprint density at radius 1 is 1.38 bits per heavy atom. The molecule has 1 aromatic rings. The molecule has 136 valence electrons. The number of nitrogens with one attached hydrogen (secondary N) is 1. The molecule has 8 heteroatoms. The second-order valence-corrected chi connectivity index (χ2v) is 9.06. The lowest BCUT2D eigenvalue weighted by atomic mass is 10.1. The van der Waals surface area contributed by atoms with E-state index in [4.69, 9.17) is 0 Å². The van der Waals surface area contributed by atoms with Crippen LogP contribution in [0.5, 0.6) is 0 Å². The van der Waals surface area contributed by atoms with Crippen LogP contribution in [0, 0.1) is 5.82 Å². The SMILES string of the molecule is CN=C(NCCc1ccccc1F)N1CCS(=O)(=O)C(C)(C)C1.I. The summed E-state index contributed by atoms with van der Waals surface area (Å²) < 4.78 is 36.9. The van der Waals surface area contributed by atoms with Gasteiger partial charge < -0.3 is 10.2 Å². The standard InChI is InChI=1S/C16H24FN3O2S.HI/c1-16(2)12-20(10-11-23(16,21)22)15(18-3)19-9-8-13-6-4-5-7-14(13)17;/h4-7H,8-12H2,1-3H3,(H,18,19);1H.